The van der Waals surface area contributed by atoms with Crippen LogP contribution in [-0.2, 0) is 9.59 Å². The molecule has 0 saturated carbocycles. The average Bonchev–Trinajstić information content (AvgIpc) is 3.13. The number of hydrogen-bond donors (Lipinski definition) is 0. The molecular formula is C25H21Cl2N3O6. The van der Waals surface area contributed by atoms with Crippen LogP contribution in [0.5, 0.6) is 0 Å². The Labute approximate surface area is 216 Å². The number of amides is 3. The number of hydrazine groups is 1. The van der Waals surface area contributed by atoms with Gasteiger partial charge in [0.15, 0.2) is 5.78 Å². The van der Waals surface area contributed by atoms with Crippen LogP contribution in [0.25, 0.3) is 0 Å². The molecule has 1 fully saturated rings. The number of rotatable bonds is 8. The summed E-state index contributed by atoms with van der Waals surface area (Å²) in [7, 11) is 0. The molecule has 0 N–H and O–H groups in total. The topological polar surface area (TPSA) is 118 Å². The molecule has 0 aromatic heterocycles. The summed E-state index contributed by atoms with van der Waals surface area (Å²) in [6.45, 7) is 0. The van der Waals surface area contributed by atoms with Gasteiger partial charge in [0, 0.05) is 34.2 Å². The van der Waals surface area contributed by atoms with Crippen LogP contribution in [0, 0.1) is 22.0 Å². The van der Waals surface area contributed by atoms with Crippen LogP contribution < -0.4 is 0 Å². The molecule has 9 nitrogen and oxygen atoms in total. The summed E-state index contributed by atoms with van der Waals surface area (Å²) >= 11 is 12.0. The lowest BCUT2D eigenvalue weighted by atomic mass is 9.85. The van der Waals surface area contributed by atoms with Crippen LogP contribution >= 0.6 is 23.2 Å². The lowest BCUT2D eigenvalue weighted by Gasteiger charge is -2.36. The summed E-state index contributed by atoms with van der Waals surface area (Å²) in [6.07, 6.45) is 4.26. The molecule has 2 aromatic carbocycles. The third-order valence-corrected chi connectivity index (χ3v) is 6.81. The van der Waals surface area contributed by atoms with Crippen molar-refractivity contribution in [3.8, 4) is 0 Å². The third-order valence-electron chi connectivity index (χ3n) is 6.34. The van der Waals surface area contributed by atoms with Gasteiger partial charge in [-0.2, -0.15) is 5.01 Å². The van der Waals surface area contributed by atoms with Crippen molar-refractivity contribution in [2.75, 3.05) is 5.88 Å². The number of nitro groups is 1. The summed E-state index contributed by atoms with van der Waals surface area (Å²) in [4.78, 5) is 64.7. The lowest BCUT2D eigenvalue weighted by molar-refractivity contribution is -0.384. The Bertz CT molecular complexity index is 1220. The van der Waals surface area contributed by atoms with E-state index in [0.717, 1.165) is 22.2 Å². The number of non-ortho nitro benzene ring substituents is 1. The predicted octanol–water partition coefficient (Wildman–Crippen LogP) is 4.44. The molecule has 2 aliphatic rings. The van der Waals surface area contributed by atoms with Crippen molar-refractivity contribution < 1.29 is 24.1 Å². The maximum absolute atomic E-state index is 13.8. The van der Waals surface area contributed by atoms with E-state index in [-0.39, 0.29) is 29.1 Å². The SMILES string of the molecule is O=C(c1ccc(Cl)cc1)[C@H](CCCl)N(C(=O)c1ccc([N+](=O)[O-])cc1)N1C(=O)[C@@H]2CC=CC[C@H]2C1=O. The number of Topliss-reactive ketones (excluding diaryl/α,β-unsaturated/α-hetero) is 1. The zero-order chi connectivity index (χ0) is 26.0. The fourth-order valence-electron chi connectivity index (χ4n) is 4.50. The Balaban J connectivity index is 1.80. The highest BCUT2D eigenvalue weighted by atomic mass is 35.5. The molecule has 0 radical (unpaired) electrons. The van der Waals surface area contributed by atoms with Crippen molar-refractivity contribution in [2.24, 2.45) is 11.8 Å². The fourth-order valence-corrected chi connectivity index (χ4v) is 4.83. The lowest BCUT2D eigenvalue weighted by Crippen LogP contribution is -2.57. The first-order chi connectivity index (χ1) is 17.2. The first kappa shape index (κ1) is 25.5. The van der Waals surface area contributed by atoms with E-state index in [0.29, 0.717) is 17.9 Å². The maximum atomic E-state index is 13.8. The van der Waals surface area contributed by atoms with Crippen molar-refractivity contribution in [1.82, 2.24) is 10.0 Å². The van der Waals surface area contributed by atoms with Gasteiger partial charge < -0.3 is 0 Å². The third kappa shape index (κ3) is 4.76. The van der Waals surface area contributed by atoms with E-state index in [1.807, 2.05) is 12.2 Å². The van der Waals surface area contributed by atoms with Crippen molar-refractivity contribution in [3.05, 3.63) is 86.9 Å². The van der Waals surface area contributed by atoms with E-state index in [9.17, 15) is 29.3 Å². The first-order valence-corrected chi connectivity index (χ1v) is 12.1. The molecule has 1 saturated heterocycles. The maximum Gasteiger partial charge on any atom is 0.273 e. The number of nitrogens with zero attached hydrogens (tertiary/aromatic N) is 3. The number of allylic oxidation sites excluding steroid dienone is 2. The van der Waals surface area contributed by atoms with Crippen LogP contribution in [-0.4, -0.2) is 50.4 Å². The van der Waals surface area contributed by atoms with E-state index < -0.39 is 46.3 Å². The molecule has 1 heterocycles. The van der Waals surface area contributed by atoms with Gasteiger partial charge >= 0.3 is 0 Å². The standard InChI is InChI=1S/C25H21Cl2N3O6/c26-14-13-21(22(31)15-5-9-17(27)10-6-15)28(23(32)16-7-11-18(12-8-16)30(35)36)29-24(33)19-3-1-2-4-20(19)25(29)34/h1-2,5-12,19-21H,3-4,13-14H2/t19-,20-,21+/m1/s1. The molecule has 4 rings (SSSR count). The fraction of sp³-hybridized carbons (Fsp3) is 0.280. The van der Waals surface area contributed by atoms with Gasteiger partial charge in [0.2, 0.25) is 0 Å². The Kier molecular flexibility index (Phi) is 7.51. The van der Waals surface area contributed by atoms with Crippen LogP contribution in [0.2, 0.25) is 5.02 Å². The monoisotopic (exact) mass is 529 g/mol. The normalized spacial score (nSPS) is 19.7. The molecule has 1 aliphatic carbocycles. The number of carbonyl (C=O) groups is 4. The number of halogens is 2. The second kappa shape index (κ2) is 10.6. The minimum atomic E-state index is -1.28. The molecule has 3 atom stereocenters. The Morgan fingerprint density at radius 1 is 0.972 bits per heavy atom. The highest BCUT2D eigenvalue weighted by Gasteiger charge is 2.53. The number of benzene rings is 2. The highest BCUT2D eigenvalue weighted by Crippen LogP contribution is 2.37. The molecule has 36 heavy (non-hydrogen) atoms. The largest absolute Gasteiger partial charge is 0.292 e. The summed E-state index contributed by atoms with van der Waals surface area (Å²) in [5, 5.41) is 13.1. The summed E-state index contributed by atoms with van der Waals surface area (Å²) in [6, 6.07) is 9.43. The van der Waals surface area contributed by atoms with Gasteiger partial charge in [0.1, 0.15) is 6.04 Å². The Hall–Kier alpha value is -3.56. The van der Waals surface area contributed by atoms with Gasteiger partial charge in [-0.15, -0.1) is 11.6 Å². The Morgan fingerprint density at radius 3 is 2.00 bits per heavy atom. The number of imide groups is 1. The van der Waals surface area contributed by atoms with E-state index >= 15 is 0 Å². The number of hydrogen-bond acceptors (Lipinski definition) is 6. The molecule has 186 valence electrons. The van der Waals surface area contributed by atoms with E-state index in [2.05, 4.69) is 0 Å². The summed E-state index contributed by atoms with van der Waals surface area (Å²) in [5.74, 6) is -3.83. The molecule has 2 aromatic rings. The summed E-state index contributed by atoms with van der Waals surface area (Å²) in [5.41, 5.74) is -0.0510. The molecule has 3 amide bonds. The number of ketones is 1. The average molecular weight is 530 g/mol. The van der Waals surface area contributed by atoms with Crippen LogP contribution in [0.1, 0.15) is 40.0 Å². The second-order valence-corrected chi connectivity index (χ2v) is 9.28. The molecule has 11 heteroatoms. The number of nitro benzene ring substituents is 1. The number of alkyl halides is 1. The van der Waals surface area contributed by atoms with Crippen molar-refractivity contribution >= 4 is 52.4 Å². The second-order valence-electron chi connectivity index (χ2n) is 8.46. The van der Waals surface area contributed by atoms with Crippen molar-refractivity contribution in [3.63, 3.8) is 0 Å². The van der Waals surface area contributed by atoms with Crippen LogP contribution in [0.3, 0.4) is 0 Å². The first-order valence-electron chi connectivity index (χ1n) is 11.2. The van der Waals surface area contributed by atoms with Crippen LogP contribution in [0.4, 0.5) is 5.69 Å². The van der Waals surface area contributed by atoms with Gasteiger partial charge in [-0.05, 0) is 55.7 Å². The van der Waals surface area contributed by atoms with Gasteiger partial charge in [0.05, 0.1) is 16.8 Å². The number of fused-ring (bicyclic) bond motifs is 1. The number of carbonyl (C=O) groups excluding carboxylic acids is 4. The molecule has 1 aliphatic heterocycles. The van der Waals surface area contributed by atoms with Crippen molar-refractivity contribution in [2.45, 2.75) is 25.3 Å². The van der Waals surface area contributed by atoms with Crippen molar-refractivity contribution in [1.29, 1.82) is 0 Å². The predicted molar refractivity (Wildman–Crippen MR) is 131 cm³/mol. The molecule has 0 spiro atoms. The minimum Gasteiger partial charge on any atom is -0.292 e. The quantitative estimate of drug-likeness (QED) is 0.124. The van der Waals surface area contributed by atoms with Gasteiger partial charge in [-0.3, -0.25) is 29.3 Å². The van der Waals surface area contributed by atoms with Gasteiger partial charge in [0.25, 0.3) is 23.4 Å². The van der Waals surface area contributed by atoms with Gasteiger partial charge in [-0.25, -0.2) is 5.01 Å². The molecule has 0 unspecified atom stereocenters. The smallest absolute Gasteiger partial charge is 0.273 e. The van der Waals surface area contributed by atoms with E-state index in [4.69, 9.17) is 23.2 Å². The minimum absolute atomic E-state index is 0.0299. The highest BCUT2D eigenvalue weighted by molar-refractivity contribution is 6.30. The van der Waals surface area contributed by atoms with Crippen LogP contribution in [0.15, 0.2) is 60.7 Å². The van der Waals surface area contributed by atoms with Gasteiger partial charge in [-0.1, -0.05) is 23.8 Å². The summed E-state index contributed by atoms with van der Waals surface area (Å²) < 4.78 is 0. The molecular weight excluding hydrogens is 509 g/mol. The van der Waals surface area contributed by atoms with E-state index in [1.54, 1.807) is 0 Å². The zero-order valence-corrected chi connectivity index (χ0v) is 20.4. The zero-order valence-electron chi connectivity index (χ0n) is 18.9. The van der Waals surface area contributed by atoms with E-state index in [1.165, 1.54) is 36.4 Å². The Morgan fingerprint density at radius 2 is 1.50 bits per heavy atom. The molecule has 0 bridgehead atoms.